The molecule has 0 aromatic carbocycles. The molecule has 11 nitrogen and oxygen atoms in total. The van der Waals surface area contributed by atoms with Gasteiger partial charge in [0.2, 0.25) is 11.2 Å². The normalized spacial score (nSPS) is 34.9. The van der Waals surface area contributed by atoms with Crippen molar-refractivity contribution in [3.63, 3.8) is 0 Å². The Morgan fingerprint density at radius 3 is 1.33 bits per heavy atom. The average molecular weight is 559 g/mol. The van der Waals surface area contributed by atoms with Gasteiger partial charge in [0.15, 0.2) is 34.5 Å². The van der Waals surface area contributed by atoms with Crippen LogP contribution in [0.1, 0.15) is 88.0 Å². The topological polar surface area (TPSA) is 196 Å². The molecule has 0 saturated carbocycles. The lowest BCUT2D eigenvalue weighted by molar-refractivity contribution is -0.398. The number of rotatable bonds is 14. The number of ether oxygens (including phenoxy) is 1. The van der Waals surface area contributed by atoms with Crippen molar-refractivity contribution in [2.24, 2.45) is 23.7 Å². The summed E-state index contributed by atoms with van der Waals surface area (Å²) in [7, 11) is 0. The maximum absolute atomic E-state index is 14.1. The van der Waals surface area contributed by atoms with E-state index in [1.165, 1.54) is 41.5 Å². The highest BCUT2D eigenvalue weighted by atomic mass is 16.7. The summed E-state index contributed by atoms with van der Waals surface area (Å²) in [6.07, 6.45) is -5.01. The van der Waals surface area contributed by atoms with Gasteiger partial charge in [-0.2, -0.15) is 0 Å². The van der Waals surface area contributed by atoms with E-state index in [0.29, 0.717) is 0 Å². The molecule has 0 radical (unpaired) electrons. The lowest BCUT2D eigenvalue weighted by atomic mass is 9.52. The zero-order chi connectivity index (χ0) is 30.9. The van der Waals surface area contributed by atoms with E-state index in [0.717, 1.165) is 6.92 Å². The highest BCUT2D eigenvalue weighted by Gasteiger charge is 2.86. The van der Waals surface area contributed by atoms with E-state index in [4.69, 9.17) is 4.74 Å². The average Bonchev–Trinajstić information content (AvgIpc) is 2.93. The van der Waals surface area contributed by atoms with Crippen LogP contribution in [0.2, 0.25) is 0 Å². The summed E-state index contributed by atoms with van der Waals surface area (Å²) in [5.74, 6) is -15.2. The van der Waals surface area contributed by atoms with Crippen molar-refractivity contribution in [1.82, 2.24) is 0 Å². The minimum atomic E-state index is -3.92. The Labute approximate surface area is 229 Å². The minimum Gasteiger partial charge on any atom is -0.382 e. The first kappa shape index (κ1) is 35.1. The molecular formula is C28H46O11. The quantitative estimate of drug-likeness (QED) is 0.201. The summed E-state index contributed by atoms with van der Waals surface area (Å²) < 4.78 is 5.48. The summed E-state index contributed by atoms with van der Waals surface area (Å²) >= 11 is 0. The van der Waals surface area contributed by atoms with Crippen molar-refractivity contribution < 1.29 is 54.2 Å². The fourth-order valence-corrected chi connectivity index (χ4v) is 5.02. The maximum atomic E-state index is 14.1. The van der Waals surface area contributed by atoms with Crippen LogP contribution >= 0.6 is 0 Å². The second-order valence-corrected chi connectivity index (χ2v) is 11.1. The van der Waals surface area contributed by atoms with E-state index in [-0.39, 0.29) is 25.7 Å². The Morgan fingerprint density at radius 2 is 0.974 bits per heavy atom. The molecular weight excluding hydrogens is 512 g/mol. The number of ketones is 5. The summed E-state index contributed by atoms with van der Waals surface area (Å²) in [4.78, 5) is 68.0. The standard InChI is InChI=1S/C28H46O11/c1-10-14(5)20(31)25(35)24(19(30)18(9)29)39-28(38,23(34)17(8)13-4)27(37,22(33)16(7)12-3)26(25,36)21(32)15(6)11-2/h14-17,19,24,30,35-38H,10-13H2,1-9H3/t14?,15?,16?,17?,19?,24-,25-,26+,27-,28?/m1/s1. The summed E-state index contributed by atoms with van der Waals surface area (Å²) in [6, 6.07) is 0. The van der Waals surface area contributed by atoms with Gasteiger partial charge in [0.1, 0.15) is 12.2 Å². The van der Waals surface area contributed by atoms with Crippen LogP contribution in [0.25, 0.3) is 0 Å². The second-order valence-electron chi connectivity index (χ2n) is 11.1. The van der Waals surface area contributed by atoms with Crippen molar-refractivity contribution in [3.8, 4) is 0 Å². The third kappa shape index (κ3) is 4.95. The van der Waals surface area contributed by atoms with Crippen molar-refractivity contribution in [2.45, 2.75) is 123 Å². The Bertz CT molecular complexity index is 979. The lowest BCUT2D eigenvalue weighted by Gasteiger charge is -2.62. The minimum absolute atomic E-state index is 0.000412. The van der Waals surface area contributed by atoms with E-state index >= 15 is 0 Å². The Balaban J connectivity index is 4.57. The first-order valence-electron chi connectivity index (χ1n) is 13.7. The molecule has 10 atom stereocenters. The van der Waals surface area contributed by atoms with E-state index in [9.17, 15) is 49.5 Å². The van der Waals surface area contributed by atoms with Gasteiger partial charge in [0.25, 0.3) is 5.79 Å². The first-order valence-corrected chi connectivity index (χ1v) is 13.7. The van der Waals surface area contributed by atoms with Crippen molar-refractivity contribution in [3.05, 3.63) is 0 Å². The van der Waals surface area contributed by atoms with E-state index in [1.54, 1.807) is 13.8 Å². The van der Waals surface area contributed by atoms with Crippen LogP contribution in [0.4, 0.5) is 0 Å². The predicted molar refractivity (Wildman–Crippen MR) is 139 cm³/mol. The molecule has 1 saturated heterocycles. The van der Waals surface area contributed by atoms with Gasteiger partial charge in [-0.1, -0.05) is 55.4 Å². The Kier molecular flexibility index (Phi) is 11.1. The molecule has 11 heteroatoms. The monoisotopic (exact) mass is 558 g/mol. The van der Waals surface area contributed by atoms with Crippen molar-refractivity contribution in [2.75, 3.05) is 0 Å². The molecule has 6 unspecified atom stereocenters. The van der Waals surface area contributed by atoms with Crippen molar-refractivity contribution >= 4 is 28.9 Å². The highest BCUT2D eigenvalue weighted by molar-refractivity contribution is 6.12. The Morgan fingerprint density at radius 1 is 0.641 bits per heavy atom. The first-order chi connectivity index (χ1) is 17.8. The summed E-state index contributed by atoms with van der Waals surface area (Å²) in [5.41, 5.74) is -11.5. The van der Waals surface area contributed by atoms with Gasteiger partial charge in [-0.3, -0.25) is 24.0 Å². The predicted octanol–water partition coefficient (Wildman–Crippen LogP) is 0.678. The molecule has 0 bridgehead atoms. The van der Waals surface area contributed by atoms with Crippen LogP contribution in [-0.2, 0) is 28.7 Å². The van der Waals surface area contributed by atoms with Gasteiger partial charge in [0, 0.05) is 23.7 Å². The summed E-state index contributed by atoms with van der Waals surface area (Å²) in [5, 5.41) is 59.7. The van der Waals surface area contributed by atoms with Gasteiger partial charge in [-0.15, -0.1) is 0 Å². The molecule has 1 fully saturated rings. The SMILES string of the molecule is CCC(C)C(=O)C1(O)O[C@H](C(O)C(C)=O)[C@](O)(C(=O)C(C)CC)[C@@](O)(C(=O)C(C)CC)[C@]1(O)C(=O)C(C)CC. The lowest BCUT2D eigenvalue weighted by Crippen LogP contribution is -2.93. The number of aliphatic hydroxyl groups is 5. The third-order valence-electron chi connectivity index (χ3n) is 8.64. The molecule has 1 rings (SSSR count). The maximum Gasteiger partial charge on any atom is 0.268 e. The summed E-state index contributed by atoms with van der Waals surface area (Å²) in [6.45, 7) is 12.2. The fourth-order valence-electron chi connectivity index (χ4n) is 5.02. The van der Waals surface area contributed by atoms with Gasteiger partial charge in [-0.25, -0.2) is 0 Å². The van der Waals surface area contributed by atoms with Crippen LogP contribution in [-0.4, -0.2) is 89.2 Å². The van der Waals surface area contributed by atoms with Gasteiger partial charge < -0.3 is 30.3 Å². The fraction of sp³-hybridized carbons (Fsp3) is 0.821. The highest BCUT2D eigenvalue weighted by Crippen LogP contribution is 2.54. The molecule has 1 aliphatic heterocycles. The molecule has 5 N–H and O–H groups in total. The van der Waals surface area contributed by atoms with Crippen LogP contribution < -0.4 is 0 Å². The number of aliphatic hydroxyl groups excluding tert-OH is 1. The molecule has 0 aromatic rings. The number of carbonyl (C=O) groups is 5. The van der Waals surface area contributed by atoms with Crippen LogP contribution in [0.15, 0.2) is 0 Å². The molecule has 1 aliphatic rings. The molecule has 0 amide bonds. The number of hydrogen-bond donors (Lipinski definition) is 5. The van der Waals surface area contributed by atoms with Gasteiger partial charge in [-0.05, 0) is 32.6 Å². The number of carbonyl (C=O) groups excluding carboxylic acids is 5. The second kappa shape index (κ2) is 12.3. The van der Waals surface area contributed by atoms with E-state index in [1.807, 2.05) is 0 Å². The van der Waals surface area contributed by atoms with Crippen LogP contribution in [0.3, 0.4) is 0 Å². The van der Waals surface area contributed by atoms with Crippen LogP contribution in [0.5, 0.6) is 0 Å². The largest absolute Gasteiger partial charge is 0.382 e. The smallest absolute Gasteiger partial charge is 0.268 e. The number of hydrogen-bond acceptors (Lipinski definition) is 11. The molecule has 0 aromatic heterocycles. The zero-order valence-corrected chi connectivity index (χ0v) is 24.5. The number of Topliss-reactive ketones (excluding diaryl/α,β-unsaturated/α-hetero) is 5. The molecule has 0 spiro atoms. The third-order valence-corrected chi connectivity index (χ3v) is 8.64. The van der Waals surface area contributed by atoms with Crippen LogP contribution in [0, 0.1) is 23.7 Å². The van der Waals surface area contributed by atoms with Crippen molar-refractivity contribution in [1.29, 1.82) is 0 Å². The zero-order valence-electron chi connectivity index (χ0n) is 24.5. The molecule has 0 aliphatic carbocycles. The van der Waals surface area contributed by atoms with E-state index < -0.39 is 87.4 Å². The van der Waals surface area contributed by atoms with Gasteiger partial charge >= 0.3 is 0 Å². The molecule has 39 heavy (non-hydrogen) atoms. The van der Waals surface area contributed by atoms with E-state index in [2.05, 4.69) is 0 Å². The molecule has 1 heterocycles. The van der Waals surface area contributed by atoms with Gasteiger partial charge in [0.05, 0.1) is 0 Å². The molecule has 224 valence electrons. The Hall–Kier alpha value is -1.89.